The van der Waals surface area contributed by atoms with Crippen molar-refractivity contribution in [2.24, 2.45) is 0 Å². The molecule has 1 aromatic heterocycles. The monoisotopic (exact) mass is 303 g/mol. The molecular weight excluding hydrogens is 286 g/mol. The molecule has 0 saturated heterocycles. The first kappa shape index (κ1) is 15.2. The fourth-order valence-electron chi connectivity index (χ4n) is 1.94. The Morgan fingerprint density at radius 1 is 1.14 bits per heavy atom. The molecule has 0 atom stereocenters. The molecule has 21 heavy (non-hydrogen) atoms. The van der Waals surface area contributed by atoms with Crippen molar-refractivity contribution in [2.75, 3.05) is 11.9 Å². The van der Waals surface area contributed by atoms with Gasteiger partial charge in [0.15, 0.2) is 5.13 Å². The maximum Gasteiger partial charge on any atom is 0.251 e. The number of benzene rings is 1. The first-order valence-corrected chi connectivity index (χ1v) is 7.40. The third kappa shape index (κ3) is 4.39. The highest BCUT2D eigenvalue weighted by molar-refractivity contribution is 7.13. The average molecular weight is 303 g/mol. The van der Waals surface area contributed by atoms with E-state index in [4.69, 9.17) is 0 Å². The third-order valence-corrected chi connectivity index (χ3v) is 3.63. The van der Waals surface area contributed by atoms with Crippen molar-refractivity contribution < 1.29 is 9.59 Å². The smallest absolute Gasteiger partial charge is 0.251 e. The van der Waals surface area contributed by atoms with E-state index >= 15 is 0 Å². The summed E-state index contributed by atoms with van der Waals surface area (Å²) >= 11 is 1.36. The lowest BCUT2D eigenvalue weighted by atomic mass is 10.1. The highest BCUT2D eigenvalue weighted by Gasteiger charge is 2.10. The van der Waals surface area contributed by atoms with E-state index in [0.29, 0.717) is 10.7 Å². The molecule has 0 aliphatic carbocycles. The van der Waals surface area contributed by atoms with E-state index in [1.165, 1.54) is 11.3 Å². The molecule has 0 bridgehead atoms. The van der Waals surface area contributed by atoms with Gasteiger partial charge in [-0.2, -0.15) is 0 Å². The average Bonchev–Trinajstić information content (AvgIpc) is 2.80. The van der Waals surface area contributed by atoms with E-state index in [-0.39, 0.29) is 18.4 Å². The Bertz CT molecular complexity index is 659. The van der Waals surface area contributed by atoms with Crippen molar-refractivity contribution in [1.29, 1.82) is 0 Å². The van der Waals surface area contributed by atoms with Crippen LogP contribution in [0.4, 0.5) is 5.13 Å². The summed E-state index contributed by atoms with van der Waals surface area (Å²) in [5.74, 6) is -0.547. The normalized spacial score (nSPS) is 10.2. The minimum absolute atomic E-state index is 0.0789. The van der Waals surface area contributed by atoms with Gasteiger partial charge in [-0.05, 0) is 32.9 Å². The Morgan fingerprint density at radius 2 is 1.81 bits per heavy atom. The predicted octanol–water partition coefficient (Wildman–Crippen LogP) is 2.44. The van der Waals surface area contributed by atoms with Crippen molar-refractivity contribution in [1.82, 2.24) is 10.3 Å². The Morgan fingerprint density at radius 3 is 2.38 bits per heavy atom. The van der Waals surface area contributed by atoms with Gasteiger partial charge in [-0.25, -0.2) is 4.98 Å². The number of amides is 2. The molecule has 110 valence electrons. The standard InChI is InChI=1S/C15H17N3O2S/c1-9-4-10(2)6-12(5-9)14(20)16-7-13(19)18-15-17-11(3)8-21-15/h4-6,8H,7H2,1-3H3,(H,16,20)(H,17,18,19). The van der Waals surface area contributed by atoms with Crippen molar-refractivity contribution in [3.05, 3.63) is 46.0 Å². The van der Waals surface area contributed by atoms with E-state index in [0.717, 1.165) is 16.8 Å². The number of thiazole rings is 1. The number of nitrogens with one attached hydrogen (secondary N) is 2. The Balaban J connectivity index is 1.90. The molecule has 1 heterocycles. The van der Waals surface area contributed by atoms with Gasteiger partial charge in [0.1, 0.15) is 0 Å². The maximum atomic E-state index is 12.0. The van der Waals surface area contributed by atoms with E-state index < -0.39 is 0 Å². The SMILES string of the molecule is Cc1cc(C)cc(C(=O)NCC(=O)Nc2nc(C)cs2)c1. The number of hydrogen-bond acceptors (Lipinski definition) is 4. The molecule has 5 nitrogen and oxygen atoms in total. The molecule has 0 aliphatic rings. The van der Waals surface area contributed by atoms with Crippen LogP contribution in [0.2, 0.25) is 0 Å². The maximum absolute atomic E-state index is 12.0. The van der Waals surface area contributed by atoms with E-state index in [1.54, 1.807) is 12.1 Å². The highest BCUT2D eigenvalue weighted by atomic mass is 32.1. The van der Waals surface area contributed by atoms with Gasteiger partial charge in [0.2, 0.25) is 5.91 Å². The Kier molecular flexibility index (Phi) is 4.70. The van der Waals surface area contributed by atoms with Crippen LogP contribution in [0, 0.1) is 20.8 Å². The minimum atomic E-state index is -0.290. The van der Waals surface area contributed by atoms with E-state index in [2.05, 4.69) is 15.6 Å². The van der Waals surface area contributed by atoms with Crippen LogP contribution in [0.25, 0.3) is 0 Å². The van der Waals surface area contributed by atoms with Crippen LogP contribution < -0.4 is 10.6 Å². The van der Waals surface area contributed by atoms with Crippen LogP contribution >= 0.6 is 11.3 Å². The molecule has 2 amide bonds. The van der Waals surface area contributed by atoms with Crippen LogP contribution in [0.3, 0.4) is 0 Å². The molecule has 0 saturated carbocycles. The minimum Gasteiger partial charge on any atom is -0.343 e. The van der Waals surface area contributed by atoms with Crippen LogP contribution in [-0.2, 0) is 4.79 Å². The first-order valence-electron chi connectivity index (χ1n) is 6.52. The summed E-state index contributed by atoms with van der Waals surface area (Å²) < 4.78 is 0. The Labute approximate surface area is 127 Å². The number of nitrogens with zero attached hydrogens (tertiary/aromatic N) is 1. The molecule has 0 spiro atoms. The number of carbonyl (C=O) groups is 2. The number of aromatic nitrogens is 1. The van der Waals surface area contributed by atoms with E-state index in [1.807, 2.05) is 32.2 Å². The summed E-state index contributed by atoms with van der Waals surface area (Å²) in [4.78, 5) is 27.9. The summed E-state index contributed by atoms with van der Waals surface area (Å²) in [6.45, 7) is 5.64. The zero-order chi connectivity index (χ0) is 15.4. The van der Waals surface area contributed by atoms with Crippen LogP contribution in [0.1, 0.15) is 27.2 Å². The second kappa shape index (κ2) is 6.49. The van der Waals surface area contributed by atoms with Gasteiger partial charge in [-0.1, -0.05) is 17.2 Å². The largest absolute Gasteiger partial charge is 0.343 e. The number of carbonyl (C=O) groups excluding carboxylic acids is 2. The van der Waals surface area contributed by atoms with Crippen molar-refractivity contribution >= 4 is 28.3 Å². The molecular formula is C15H17N3O2S. The van der Waals surface area contributed by atoms with Gasteiger partial charge in [-0.3, -0.25) is 9.59 Å². The Hall–Kier alpha value is -2.21. The summed E-state index contributed by atoms with van der Waals surface area (Å²) in [5.41, 5.74) is 3.45. The molecule has 0 fully saturated rings. The zero-order valence-electron chi connectivity index (χ0n) is 12.2. The fourth-order valence-corrected chi connectivity index (χ4v) is 2.65. The lowest BCUT2D eigenvalue weighted by Gasteiger charge is -2.07. The summed E-state index contributed by atoms with van der Waals surface area (Å²) in [6, 6.07) is 5.59. The molecule has 2 N–H and O–H groups in total. The van der Waals surface area contributed by atoms with Crippen LogP contribution in [0.5, 0.6) is 0 Å². The highest BCUT2D eigenvalue weighted by Crippen LogP contribution is 2.14. The fraction of sp³-hybridized carbons (Fsp3) is 0.267. The number of rotatable bonds is 4. The summed E-state index contributed by atoms with van der Waals surface area (Å²) in [5, 5.41) is 7.64. The van der Waals surface area contributed by atoms with E-state index in [9.17, 15) is 9.59 Å². The number of hydrogen-bond donors (Lipinski definition) is 2. The zero-order valence-corrected chi connectivity index (χ0v) is 13.0. The van der Waals surface area contributed by atoms with Crippen LogP contribution in [0.15, 0.2) is 23.6 Å². The van der Waals surface area contributed by atoms with Crippen molar-refractivity contribution in [3.8, 4) is 0 Å². The van der Waals surface area contributed by atoms with Gasteiger partial charge in [0.25, 0.3) is 5.91 Å². The summed E-state index contributed by atoms with van der Waals surface area (Å²) in [7, 11) is 0. The molecule has 2 aromatic rings. The number of anilines is 1. The second-order valence-electron chi connectivity index (χ2n) is 4.90. The summed E-state index contributed by atoms with van der Waals surface area (Å²) in [6.07, 6.45) is 0. The quantitative estimate of drug-likeness (QED) is 0.911. The molecule has 0 radical (unpaired) electrons. The second-order valence-corrected chi connectivity index (χ2v) is 5.76. The number of aryl methyl sites for hydroxylation is 3. The van der Waals surface area contributed by atoms with Crippen molar-refractivity contribution in [3.63, 3.8) is 0 Å². The first-order chi connectivity index (χ1) is 9.94. The molecule has 2 rings (SSSR count). The lowest BCUT2D eigenvalue weighted by molar-refractivity contribution is -0.115. The molecule has 0 unspecified atom stereocenters. The van der Waals surface area contributed by atoms with Crippen LogP contribution in [-0.4, -0.2) is 23.3 Å². The van der Waals surface area contributed by atoms with Crippen molar-refractivity contribution in [2.45, 2.75) is 20.8 Å². The lowest BCUT2D eigenvalue weighted by Crippen LogP contribution is -2.32. The van der Waals surface area contributed by atoms with Gasteiger partial charge < -0.3 is 10.6 Å². The molecule has 0 aliphatic heterocycles. The topological polar surface area (TPSA) is 71.1 Å². The molecule has 6 heteroatoms. The third-order valence-electron chi connectivity index (χ3n) is 2.76. The van der Waals surface area contributed by atoms with Gasteiger partial charge >= 0.3 is 0 Å². The van der Waals surface area contributed by atoms with Gasteiger partial charge in [0.05, 0.1) is 12.2 Å². The predicted molar refractivity (Wildman–Crippen MR) is 83.7 cm³/mol. The van der Waals surface area contributed by atoms with Gasteiger partial charge in [-0.15, -0.1) is 11.3 Å². The van der Waals surface area contributed by atoms with Gasteiger partial charge in [0, 0.05) is 10.9 Å². The molecule has 1 aromatic carbocycles.